The highest BCUT2D eigenvalue weighted by Crippen LogP contribution is 2.64. The van der Waals surface area contributed by atoms with E-state index in [2.05, 4.69) is 13.5 Å². The number of ether oxygens (including phenoxy) is 10. The lowest BCUT2D eigenvalue weighted by Crippen LogP contribution is -2.65. The summed E-state index contributed by atoms with van der Waals surface area (Å²) in [4.78, 5) is 14.8. The zero-order valence-corrected chi connectivity index (χ0v) is 42.4. The number of rotatable bonds is 15. The number of hydrogen-bond acceptors (Lipinski definition) is 27. The summed E-state index contributed by atoms with van der Waals surface area (Å²) in [6, 6.07) is 0. The van der Waals surface area contributed by atoms with Crippen LogP contribution in [0.25, 0.3) is 0 Å². The summed E-state index contributed by atoms with van der Waals surface area (Å²) >= 11 is 0. The van der Waals surface area contributed by atoms with Gasteiger partial charge < -0.3 is 129 Å². The quantitative estimate of drug-likeness (QED) is 0.0536. The molecule has 3 saturated carbocycles. The molecule has 0 spiro atoms. The van der Waals surface area contributed by atoms with E-state index in [1.54, 1.807) is 6.92 Å². The molecule has 16 N–H and O–H groups in total. The molecule has 27 nitrogen and oxygen atoms in total. The molecule has 438 valence electrons. The molecule has 8 rings (SSSR count). The Labute approximate surface area is 438 Å². The monoisotopic (exact) mass is 1100 g/mol. The summed E-state index contributed by atoms with van der Waals surface area (Å²) in [5.74, 6) is -1.03. The minimum Gasteiger partial charge on any atom is -0.432 e. The normalized spacial score (nSPS) is 52.3. The Morgan fingerprint density at radius 2 is 1.05 bits per heavy atom. The molecular formula is C49H80O27. The van der Waals surface area contributed by atoms with Crippen LogP contribution in [0.1, 0.15) is 71.6 Å². The Hall–Kier alpha value is -1.79. The number of aliphatic hydroxyl groups excluding tert-OH is 16. The molecule has 0 radical (unpaired) electrons. The summed E-state index contributed by atoms with van der Waals surface area (Å²) in [5.41, 5.74) is -1.04. The second-order valence-corrected chi connectivity index (χ2v) is 22.5. The highest BCUT2D eigenvalue weighted by Gasteiger charge is 2.62. The third-order valence-corrected chi connectivity index (χ3v) is 17.8. The molecule has 0 aromatic heterocycles. The lowest BCUT2D eigenvalue weighted by atomic mass is 9.45. The molecule has 27 heteroatoms. The van der Waals surface area contributed by atoms with E-state index in [1.165, 1.54) is 0 Å². The smallest absolute Gasteiger partial charge is 0.314 e. The van der Waals surface area contributed by atoms with Gasteiger partial charge in [-0.05, 0) is 80.6 Å². The average Bonchev–Trinajstić information content (AvgIpc) is 3.58. The van der Waals surface area contributed by atoms with E-state index >= 15 is 0 Å². The van der Waals surface area contributed by atoms with Gasteiger partial charge in [0.2, 0.25) is 6.29 Å². The average molecular weight is 1100 g/mol. The molecule has 5 aliphatic heterocycles. The first-order valence-corrected chi connectivity index (χ1v) is 26.4. The molecule has 8 fully saturated rings. The van der Waals surface area contributed by atoms with Crippen molar-refractivity contribution in [1.82, 2.24) is 0 Å². The predicted octanol–water partition coefficient (Wildman–Crippen LogP) is -6.40. The van der Waals surface area contributed by atoms with E-state index in [4.69, 9.17) is 47.4 Å². The van der Waals surface area contributed by atoms with E-state index in [-0.39, 0.29) is 24.2 Å². The third kappa shape index (κ3) is 11.7. The van der Waals surface area contributed by atoms with E-state index in [9.17, 15) is 86.5 Å². The van der Waals surface area contributed by atoms with Gasteiger partial charge in [-0.15, -0.1) is 0 Å². The molecule has 0 bridgehead atoms. The Morgan fingerprint density at radius 1 is 0.553 bits per heavy atom. The topological polar surface area (TPSA) is 433 Å². The number of hydrogen-bond donors (Lipinski definition) is 16. The highest BCUT2D eigenvalue weighted by molar-refractivity contribution is 5.77. The summed E-state index contributed by atoms with van der Waals surface area (Å²) < 4.78 is 59.2. The van der Waals surface area contributed by atoms with Crippen LogP contribution < -0.4 is 0 Å². The summed E-state index contributed by atoms with van der Waals surface area (Å²) in [6.07, 6.45) is -36.2. The molecular weight excluding hydrogens is 1020 g/mol. The van der Waals surface area contributed by atoms with Gasteiger partial charge in [-0.2, -0.15) is 0 Å². The van der Waals surface area contributed by atoms with Gasteiger partial charge >= 0.3 is 5.97 Å². The molecule has 30 atom stereocenters. The van der Waals surface area contributed by atoms with Crippen LogP contribution in [0.5, 0.6) is 0 Å². The van der Waals surface area contributed by atoms with Crippen LogP contribution in [0.2, 0.25) is 0 Å². The maximum Gasteiger partial charge on any atom is 0.314 e. The number of aliphatic hydroxyl groups is 16. The summed E-state index contributed by atoms with van der Waals surface area (Å²) in [6.45, 7) is 4.84. The second-order valence-electron chi connectivity index (χ2n) is 22.5. The molecule has 8 aliphatic rings. The highest BCUT2D eigenvalue weighted by atomic mass is 16.8. The van der Waals surface area contributed by atoms with Crippen LogP contribution >= 0.6 is 0 Å². The summed E-state index contributed by atoms with van der Waals surface area (Å²) in [7, 11) is 0. The van der Waals surface area contributed by atoms with Gasteiger partial charge in [0, 0.05) is 6.42 Å². The van der Waals surface area contributed by atoms with Gasteiger partial charge in [0.05, 0.1) is 50.7 Å². The van der Waals surface area contributed by atoms with Crippen LogP contribution in [-0.2, 0) is 52.2 Å². The second kappa shape index (κ2) is 24.7. The number of esters is 1. The van der Waals surface area contributed by atoms with Gasteiger partial charge in [-0.25, -0.2) is 0 Å². The van der Waals surface area contributed by atoms with Crippen LogP contribution in [0.15, 0.2) is 12.2 Å². The van der Waals surface area contributed by atoms with Crippen molar-refractivity contribution in [1.29, 1.82) is 0 Å². The van der Waals surface area contributed by atoms with Gasteiger partial charge in [-0.3, -0.25) is 4.79 Å². The van der Waals surface area contributed by atoms with E-state index in [0.29, 0.717) is 56.9 Å². The fraction of sp³-hybridized carbons (Fsp3) is 0.939. The Kier molecular flexibility index (Phi) is 19.6. The first-order chi connectivity index (χ1) is 36.0. The van der Waals surface area contributed by atoms with Gasteiger partial charge in [-0.1, -0.05) is 19.9 Å². The first-order valence-electron chi connectivity index (χ1n) is 26.4. The minimum atomic E-state index is -1.92. The van der Waals surface area contributed by atoms with Gasteiger partial charge in [0.1, 0.15) is 104 Å². The lowest BCUT2D eigenvalue weighted by Gasteiger charge is -2.59. The molecule has 27 unspecified atom stereocenters. The summed E-state index contributed by atoms with van der Waals surface area (Å²) in [5, 5.41) is 169. The van der Waals surface area contributed by atoms with Crippen molar-refractivity contribution >= 4 is 5.97 Å². The lowest BCUT2D eigenvalue weighted by molar-refractivity contribution is -0.373. The third-order valence-electron chi connectivity index (χ3n) is 17.8. The fourth-order valence-electron chi connectivity index (χ4n) is 13.4. The Bertz CT molecular complexity index is 1920. The number of fused-ring (bicyclic) bond motifs is 3. The van der Waals surface area contributed by atoms with E-state index < -0.39 is 203 Å². The van der Waals surface area contributed by atoms with Crippen molar-refractivity contribution in [2.24, 2.45) is 28.6 Å². The zero-order chi connectivity index (χ0) is 55.3. The molecule has 76 heavy (non-hydrogen) atoms. The Balaban J connectivity index is 0.990. The molecule has 0 aromatic rings. The predicted molar refractivity (Wildman–Crippen MR) is 248 cm³/mol. The van der Waals surface area contributed by atoms with E-state index in [1.807, 2.05) is 0 Å². The molecule has 5 saturated heterocycles. The van der Waals surface area contributed by atoms with Crippen molar-refractivity contribution in [2.45, 2.75) is 225 Å². The van der Waals surface area contributed by atoms with Crippen LogP contribution in [-0.4, -0.2) is 274 Å². The van der Waals surface area contributed by atoms with Gasteiger partial charge in [0.15, 0.2) is 31.3 Å². The van der Waals surface area contributed by atoms with Crippen molar-refractivity contribution in [3.05, 3.63) is 12.2 Å². The number of carbonyl (C=O) groups excluding carboxylic acids is 1. The van der Waals surface area contributed by atoms with Gasteiger partial charge in [0.25, 0.3) is 0 Å². The van der Waals surface area contributed by atoms with E-state index in [0.717, 1.165) is 0 Å². The molecule has 0 aromatic carbocycles. The number of carbonyl (C=O) groups is 1. The maximum atomic E-state index is 14.8. The molecule has 3 aliphatic carbocycles. The molecule has 0 amide bonds. The van der Waals surface area contributed by atoms with Crippen LogP contribution in [0, 0.1) is 28.6 Å². The minimum absolute atomic E-state index is 0.0368. The van der Waals surface area contributed by atoms with Crippen LogP contribution in [0.3, 0.4) is 0 Å². The largest absolute Gasteiger partial charge is 0.432 e. The first kappa shape index (κ1) is 60.3. The van der Waals surface area contributed by atoms with Crippen molar-refractivity contribution in [3.63, 3.8) is 0 Å². The van der Waals surface area contributed by atoms with Crippen molar-refractivity contribution in [3.8, 4) is 0 Å². The zero-order valence-electron chi connectivity index (χ0n) is 42.4. The maximum absolute atomic E-state index is 14.8. The van der Waals surface area contributed by atoms with Crippen LogP contribution in [0.4, 0.5) is 0 Å². The standard InChI is InChI=1S/C49H80O27/c1-18-11-19-5-8-28-48(2,9-4-10-49(28,3)47(66)76-46-42(37(62)33(58)26(16-53)72-46)75-44-40(65)36(61)32(57)25(15-52)71-44)20(19)6-7-22(18)69-45-41(74-43-39(64)35(60)31(56)24(14-51)70-43)38(63)34(59)27(73-45)17-67-29-12-21(54)30(55)23(13-50)68-29/h19-46,50-65H,1,4-17H2,2-3H3/t19?,20-,21?,22?,23?,24?,25?,26?,27?,28?,29?,30?,31?,32?,33?,34?,35?,36?,37?,38?,39?,40?,41?,42?,43?,44?,45?,46?,48+,49-/m1/s1. The SMILES string of the molecule is C=C1CC2CCC3[C@](C)(C(=O)OC4OC(CO)C(O)C(O)C4OC4OC(CO)C(O)C(O)C4O)CCC[C@@]3(C)[C@@H]2CCC1OC1OC(COC2CC(O)C(O)C(CO)O2)C(O)C(O)C1OC1OC(CO)C(O)C(O)C1O. The van der Waals surface area contributed by atoms with Crippen molar-refractivity contribution < 1.29 is 134 Å². The molecule has 5 heterocycles. The Morgan fingerprint density at radius 3 is 1.62 bits per heavy atom. The van der Waals surface area contributed by atoms with Crippen molar-refractivity contribution in [2.75, 3.05) is 33.0 Å². The fourth-order valence-corrected chi connectivity index (χ4v) is 13.4.